The lowest BCUT2D eigenvalue weighted by molar-refractivity contribution is 0.373. The first-order chi connectivity index (χ1) is 9.26. The normalized spacial score (nSPS) is 14.2. The molecular weight excluding hydrogens is 242 g/mol. The number of ether oxygens (including phenoxy) is 2. The standard InChI is InChI=1S/C14H15N3O2/c1-18-10-4-2-3-5-11(10)19-13-8-12(15)16-14(17-13)9-6-7-9/h2-5,8-9H,6-7H2,1H3,(H2,15,16,17). The predicted molar refractivity (Wildman–Crippen MR) is 71.5 cm³/mol. The van der Waals surface area contributed by atoms with Crippen molar-refractivity contribution in [1.29, 1.82) is 0 Å². The lowest BCUT2D eigenvalue weighted by Crippen LogP contribution is -2.00. The molecule has 5 heteroatoms. The molecule has 1 fully saturated rings. The minimum absolute atomic E-state index is 0.432. The first-order valence-corrected chi connectivity index (χ1v) is 6.21. The molecule has 1 aromatic heterocycles. The monoisotopic (exact) mass is 257 g/mol. The molecule has 0 radical (unpaired) electrons. The van der Waals surface area contributed by atoms with Crippen molar-refractivity contribution in [2.24, 2.45) is 0 Å². The van der Waals surface area contributed by atoms with Crippen molar-refractivity contribution < 1.29 is 9.47 Å². The van der Waals surface area contributed by atoms with E-state index >= 15 is 0 Å². The van der Waals surface area contributed by atoms with Gasteiger partial charge in [0.1, 0.15) is 11.6 Å². The fourth-order valence-corrected chi connectivity index (χ4v) is 1.85. The third kappa shape index (κ3) is 2.59. The van der Waals surface area contributed by atoms with E-state index in [2.05, 4.69) is 9.97 Å². The highest BCUT2D eigenvalue weighted by atomic mass is 16.5. The summed E-state index contributed by atoms with van der Waals surface area (Å²) in [6.45, 7) is 0. The molecule has 1 heterocycles. The van der Waals surface area contributed by atoms with E-state index in [1.54, 1.807) is 13.2 Å². The van der Waals surface area contributed by atoms with Crippen molar-refractivity contribution >= 4 is 5.82 Å². The second-order valence-corrected chi connectivity index (χ2v) is 4.52. The number of nitrogens with two attached hydrogens (primary N) is 1. The molecule has 0 aliphatic heterocycles. The van der Waals surface area contributed by atoms with Gasteiger partial charge >= 0.3 is 0 Å². The highest BCUT2D eigenvalue weighted by molar-refractivity contribution is 5.43. The minimum Gasteiger partial charge on any atom is -0.493 e. The summed E-state index contributed by atoms with van der Waals surface area (Å²) in [7, 11) is 1.60. The molecule has 0 unspecified atom stereocenters. The van der Waals surface area contributed by atoms with Crippen LogP contribution in [0.2, 0.25) is 0 Å². The van der Waals surface area contributed by atoms with Gasteiger partial charge in [-0.25, -0.2) is 4.98 Å². The molecule has 5 nitrogen and oxygen atoms in total. The first kappa shape index (κ1) is 11.8. The maximum Gasteiger partial charge on any atom is 0.224 e. The first-order valence-electron chi connectivity index (χ1n) is 6.21. The Morgan fingerprint density at radius 3 is 2.58 bits per heavy atom. The summed E-state index contributed by atoms with van der Waals surface area (Å²) in [5.74, 6) is 3.37. The Balaban J connectivity index is 1.90. The molecule has 98 valence electrons. The number of rotatable bonds is 4. The minimum atomic E-state index is 0.432. The van der Waals surface area contributed by atoms with E-state index < -0.39 is 0 Å². The Morgan fingerprint density at radius 2 is 1.89 bits per heavy atom. The SMILES string of the molecule is COc1ccccc1Oc1cc(N)nc(C2CC2)n1. The average molecular weight is 257 g/mol. The number of para-hydroxylation sites is 2. The molecular formula is C14H15N3O2. The van der Waals surface area contributed by atoms with E-state index in [0.717, 1.165) is 18.7 Å². The topological polar surface area (TPSA) is 70.3 Å². The Kier molecular flexibility index (Phi) is 2.95. The van der Waals surface area contributed by atoms with Gasteiger partial charge in [-0.05, 0) is 25.0 Å². The summed E-state index contributed by atoms with van der Waals surface area (Å²) in [6, 6.07) is 9.05. The number of anilines is 1. The number of aromatic nitrogens is 2. The molecule has 0 atom stereocenters. The maximum atomic E-state index is 5.79. The summed E-state index contributed by atoms with van der Waals surface area (Å²) >= 11 is 0. The zero-order chi connectivity index (χ0) is 13.2. The Bertz CT molecular complexity index is 597. The molecule has 1 aromatic carbocycles. The quantitative estimate of drug-likeness (QED) is 0.911. The summed E-state index contributed by atoms with van der Waals surface area (Å²) in [4.78, 5) is 8.63. The molecule has 1 aliphatic rings. The van der Waals surface area contributed by atoms with Crippen molar-refractivity contribution in [1.82, 2.24) is 9.97 Å². The summed E-state index contributed by atoms with van der Waals surface area (Å²) < 4.78 is 11.0. The maximum absolute atomic E-state index is 5.79. The largest absolute Gasteiger partial charge is 0.493 e. The molecule has 2 aromatic rings. The van der Waals surface area contributed by atoms with E-state index in [1.165, 1.54) is 0 Å². The predicted octanol–water partition coefficient (Wildman–Crippen LogP) is 2.74. The van der Waals surface area contributed by atoms with Gasteiger partial charge in [0, 0.05) is 12.0 Å². The fraction of sp³-hybridized carbons (Fsp3) is 0.286. The van der Waals surface area contributed by atoms with Crippen LogP contribution in [0.4, 0.5) is 5.82 Å². The van der Waals surface area contributed by atoms with Crippen LogP contribution in [0.5, 0.6) is 17.4 Å². The lowest BCUT2D eigenvalue weighted by atomic mass is 10.3. The van der Waals surface area contributed by atoms with Gasteiger partial charge in [0.05, 0.1) is 7.11 Å². The van der Waals surface area contributed by atoms with Gasteiger partial charge in [0.25, 0.3) is 0 Å². The highest BCUT2D eigenvalue weighted by Gasteiger charge is 2.27. The molecule has 0 bridgehead atoms. The van der Waals surface area contributed by atoms with E-state index in [9.17, 15) is 0 Å². The molecule has 0 spiro atoms. The van der Waals surface area contributed by atoms with Crippen LogP contribution in [-0.2, 0) is 0 Å². The smallest absolute Gasteiger partial charge is 0.224 e. The molecule has 0 saturated heterocycles. The highest BCUT2D eigenvalue weighted by Crippen LogP contribution is 2.39. The zero-order valence-electron chi connectivity index (χ0n) is 10.7. The number of benzene rings is 1. The van der Waals surface area contributed by atoms with Crippen LogP contribution >= 0.6 is 0 Å². The Hall–Kier alpha value is -2.30. The van der Waals surface area contributed by atoms with Gasteiger partial charge in [-0.1, -0.05) is 12.1 Å². The molecule has 2 N–H and O–H groups in total. The van der Waals surface area contributed by atoms with Crippen LogP contribution in [0.15, 0.2) is 30.3 Å². The number of nitrogen functional groups attached to an aromatic ring is 1. The van der Waals surface area contributed by atoms with Gasteiger partial charge < -0.3 is 15.2 Å². The van der Waals surface area contributed by atoms with Gasteiger partial charge in [-0.2, -0.15) is 4.98 Å². The van der Waals surface area contributed by atoms with Crippen LogP contribution in [0.1, 0.15) is 24.6 Å². The van der Waals surface area contributed by atoms with Crippen molar-refractivity contribution in [2.75, 3.05) is 12.8 Å². The van der Waals surface area contributed by atoms with Crippen molar-refractivity contribution in [3.8, 4) is 17.4 Å². The average Bonchev–Trinajstić information content (AvgIpc) is 3.23. The van der Waals surface area contributed by atoms with E-state index in [1.807, 2.05) is 24.3 Å². The molecule has 1 saturated carbocycles. The van der Waals surface area contributed by atoms with Gasteiger partial charge in [0.2, 0.25) is 5.88 Å². The molecule has 3 rings (SSSR count). The fourth-order valence-electron chi connectivity index (χ4n) is 1.85. The van der Waals surface area contributed by atoms with E-state index in [4.69, 9.17) is 15.2 Å². The summed E-state index contributed by atoms with van der Waals surface area (Å²) in [6.07, 6.45) is 2.25. The zero-order valence-corrected chi connectivity index (χ0v) is 10.7. The third-order valence-electron chi connectivity index (χ3n) is 2.97. The van der Waals surface area contributed by atoms with Crippen LogP contribution in [-0.4, -0.2) is 17.1 Å². The number of methoxy groups -OCH3 is 1. The van der Waals surface area contributed by atoms with Gasteiger partial charge in [-0.3, -0.25) is 0 Å². The second kappa shape index (κ2) is 4.76. The van der Waals surface area contributed by atoms with Crippen LogP contribution < -0.4 is 15.2 Å². The Labute approximate surface area is 111 Å². The van der Waals surface area contributed by atoms with Crippen molar-refractivity contribution in [3.63, 3.8) is 0 Å². The van der Waals surface area contributed by atoms with Crippen LogP contribution in [0, 0.1) is 0 Å². The molecule has 19 heavy (non-hydrogen) atoms. The summed E-state index contributed by atoms with van der Waals surface area (Å²) in [5.41, 5.74) is 5.79. The number of nitrogens with zero attached hydrogens (tertiary/aromatic N) is 2. The summed E-state index contributed by atoms with van der Waals surface area (Å²) in [5, 5.41) is 0. The van der Waals surface area contributed by atoms with Gasteiger partial charge in [0.15, 0.2) is 11.5 Å². The van der Waals surface area contributed by atoms with Crippen LogP contribution in [0.3, 0.4) is 0 Å². The third-order valence-corrected chi connectivity index (χ3v) is 2.97. The van der Waals surface area contributed by atoms with Crippen molar-refractivity contribution in [3.05, 3.63) is 36.2 Å². The lowest BCUT2D eigenvalue weighted by Gasteiger charge is -2.10. The van der Waals surface area contributed by atoms with Crippen molar-refractivity contribution in [2.45, 2.75) is 18.8 Å². The Morgan fingerprint density at radius 1 is 1.16 bits per heavy atom. The van der Waals surface area contributed by atoms with Crippen LogP contribution in [0.25, 0.3) is 0 Å². The second-order valence-electron chi connectivity index (χ2n) is 4.52. The van der Waals surface area contributed by atoms with E-state index in [-0.39, 0.29) is 0 Å². The molecule has 1 aliphatic carbocycles. The molecule has 0 amide bonds. The van der Waals surface area contributed by atoms with Gasteiger partial charge in [-0.15, -0.1) is 0 Å². The number of hydrogen-bond donors (Lipinski definition) is 1. The number of hydrogen-bond acceptors (Lipinski definition) is 5. The van der Waals surface area contributed by atoms with E-state index in [0.29, 0.717) is 29.1 Å².